The molecule has 4 aromatic carbocycles. The first-order valence-electron chi connectivity index (χ1n) is 14.4. The molecule has 0 saturated heterocycles. The molecule has 1 heterocycles. The van der Waals surface area contributed by atoms with E-state index in [1.165, 1.54) is 6.07 Å². The van der Waals surface area contributed by atoms with Crippen molar-refractivity contribution in [2.75, 3.05) is 0 Å². The Kier molecular flexibility index (Phi) is 10.2. The second-order valence-corrected chi connectivity index (χ2v) is 10.6. The van der Waals surface area contributed by atoms with E-state index in [2.05, 4.69) is 19.4 Å². The first-order chi connectivity index (χ1) is 23.6. The SMILES string of the molecule is C/C=C/CCc1cnc(-c2ccc(-c3cc(F)c(C(F)(F)Oc4ccc(-c5cc(F)c(OC(F)(F)F)c(F)c5)c(F)c4)c(F)c3)c(F)c2)nc1. The third kappa shape index (κ3) is 8.04. The Morgan fingerprint density at radius 3 is 1.66 bits per heavy atom. The van der Waals surface area contributed by atoms with Gasteiger partial charge in [0.15, 0.2) is 17.5 Å². The lowest BCUT2D eigenvalue weighted by Crippen LogP contribution is -2.25. The van der Waals surface area contributed by atoms with Gasteiger partial charge in [-0.25, -0.2) is 36.3 Å². The molecule has 0 aliphatic rings. The van der Waals surface area contributed by atoms with E-state index in [4.69, 9.17) is 0 Å². The van der Waals surface area contributed by atoms with Crippen molar-refractivity contribution >= 4 is 0 Å². The molecule has 5 aromatic rings. The number of alkyl halides is 5. The molecule has 4 nitrogen and oxygen atoms in total. The van der Waals surface area contributed by atoms with Crippen molar-refractivity contribution in [3.8, 4) is 45.1 Å². The molecule has 0 aliphatic heterocycles. The number of aryl methyl sites for hydroxylation is 1. The molecule has 0 amide bonds. The predicted octanol–water partition coefficient (Wildman–Crippen LogP) is 10.8. The number of ether oxygens (including phenoxy) is 2. The van der Waals surface area contributed by atoms with E-state index in [0.29, 0.717) is 48.9 Å². The van der Waals surface area contributed by atoms with Crippen LogP contribution in [0.3, 0.4) is 0 Å². The summed E-state index contributed by atoms with van der Waals surface area (Å²) < 4.78 is 163. The summed E-state index contributed by atoms with van der Waals surface area (Å²) in [6.07, 6.45) is -1.71. The summed E-state index contributed by atoms with van der Waals surface area (Å²) in [4.78, 5) is 8.41. The van der Waals surface area contributed by atoms with E-state index in [9.17, 15) is 26.3 Å². The van der Waals surface area contributed by atoms with Gasteiger partial charge < -0.3 is 9.47 Å². The molecular weight excluding hydrogens is 689 g/mol. The van der Waals surface area contributed by atoms with Crippen molar-refractivity contribution in [3.05, 3.63) is 131 Å². The van der Waals surface area contributed by atoms with Crippen LogP contribution in [-0.4, -0.2) is 16.3 Å². The Balaban J connectivity index is 1.35. The van der Waals surface area contributed by atoms with Crippen molar-refractivity contribution in [1.29, 1.82) is 0 Å². The maximum atomic E-state index is 15.1. The number of hydrogen-bond acceptors (Lipinski definition) is 4. The monoisotopic (exact) mass is 710 g/mol. The van der Waals surface area contributed by atoms with Crippen LogP contribution < -0.4 is 9.47 Å². The molecular formula is C35H21F11N2O2. The van der Waals surface area contributed by atoms with E-state index >= 15 is 22.0 Å². The number of benzene rings is 4. The Bertz CT molecular complexity index is 2020. The molecule has 0 spiro atoms. The number of aromatic nitrogens is 2. The van der Waals surface area contributed by atoms with E-state index in [0.717, 1.165) is 24.1 Å². The maximum Gasteiger partial charge on any atom is 0.573 e. The van der Waals surface area contributed by atoms with Crippen LogP contribution in [0, 0.1) is 34.9 Å². The average Bonchev–Trinajstić information content (AvgIpc) is 3.02. The van der Waals surface area contributed by atoms with Crippen LogP contribution in [0.25, 0.3) is 33.6 Å². The minimum Gasteiger partial charge on any atom is -0.429 e. The van der Waals surface area contributed by atoms with Crippen molar-refractivity contribution in [3.63, 3.8) is 0 Å². The molecule has 0 N–H and O–H groups in total. The van der Waals surface area contributed by atoms with Crippen molar-refractivity contribution in [2.24, 2.45) is 0 Å². The molecule has 0 atom stereocenters. The number of halogens is 11. The fourth-order valence-electron chi connectivity index (χ4n) is 4.87. The summed E-state index contributed by atoms with van der Waals surface area (Å²) in [6, 6.07) is 6.69. The van der Waals surface area contributed by atoms with Crippen LogP contribution in [0.5, 0.6) is 11.5 Å². The minimum absolute atomic E-state index is 0.173. The van der Waals surface area contributed by atoms with E-state index in [-0.39, 0.29) is 17.0 Å². The lowest BCUT2D eigenvalue weighted by atomic mass is 10.00. The number of nitrogens with zero attached hydrogens (tertiary/aromatic N) is 2. The van der Waals surface area contributed by atoms with Crippen molar-refractivity contribution in [2.45, 2.75) is 32.2 Å². The third-order valence-corrected chi connectivity index (χ3v) is 7.13. The topological polar surface area (TPSA) is 44.2 Å². The second kappa shape index (κ2) is 14.2. The largest absolute Gasteiger partial charge is 0.573 e. The fraction of sp³-hybridized carbons (Fsp3) is 0.143. The summed E-state index contributed by atoms with van der Waals surface area (Å²) in [5.74, 6) is -12.4. The zero-order chi connectivity index (χ0) is 36.4. The molecule has 0 bridgehead atoms. The molecule has 0 aliphatic carbocycles. The number of rotatable bonds is 10. The zero-order valence-corrected chi connectivity index (χ0v) is 25.4. The van der Waals surface area contributed by atoms with Crippen LogP contribution in [0.2, 0.25) is 0 Å². The molecule has 15 heteroatoms. The normalized spacial score (nSPS) is 12.1. The second-order valence-electron chi connectivity index (χ2n) is 10.6. The minimum atomic E-state index is -5.44. The van der Waals surface area contributed by atoms with E-state index in [1.54, 1.807) is 12.4 Å². The Morgan fingerprint density at radius 2 is 1.14 bits per heavy atom. The highest BCUT2D eigenvalue weighted by atomic mass is 19.4. The van der Waals surface area contributed by atoms with Gasteiger partial charge in [0, 0.05) is 35.2 Å². The summed E-state index contributed by atoms with van der Waals surface area (Å²) in [5, 5.41) is 0. The highest BCUT2D eigenvalue weighted by Crippen LogP contribution is 2.39. The zero-order valence-electron chi connectivity index (χ0n) is 25.4. The smallest absolute Gasteiger partial charge is 0.429 e. The molecule has 0 radical (unpaired) electrons. The van der Waals surface area contributed by atoms with Gasteiger partial charge in [-0.3, -0.25) is 0 Å². The lowest BCUT2D eigenvalue weighted by molar-refractivity contribution is -0.276. The van der Waals surface area contributed by atoms with Crippen LogP contribution in [0.1, 0.15) is 24.5 Å². The number of allylic oxidation sites excluding steroid dienone is 2. The fourth-order valence-corrected chi connectivity index (χ4v) is 4.87. The first-order valence-corrected chi connectivity index (χ1v) is 14.4. The van der Waals surface area contributed by atoms with Gasteiger partial charge in [-0.2, -0.15) is 8.78 Å². The molecule has 0 fully saturated rings. The van der Waals surface area contributed by atoms with Gasteiger partial charge in [0.2, 0.25) is 5.75 Å². The average molecular weight is 711 g/mol. The van der Waals surface area contributed by atoms with Crippen LogP contribution in [0.15, 0.2) is 85.2 Å². The van der Waals surface area contributed by atoms with Crippen LogP contribution >= 0.6 is 0 Å². The Morgan fingerprint density at radius 1 is 0.620 bits per heavy atom. The van der Waals surface area contributed by atoms with Gasteiger partial charge in [0.1, 0.15) is 34.6 Å². The summed E-state index contributed by atoms with van der Waals surface area (Å²) in [7, 11) is 0. The molecule has 0 saturated carbocycles. The molecule has 0 unspecified atom stereocenters. The van der Waals surface area contributed by atoms with Gasteiger partial charge in [-0.15, -0.1) is 13.2 Å². The van der Waals surface area contributed by atoms with Crippen LogP contribution in [-0.2, 0) is 12.5 Å². The Hall–Kier alpha value is -5.47. The highest BCUT2D eigenvalue weighted by molar-refractivity contribution is 5.69. The van der Waals surface area contributed by atoms with Crippen molar-refractivity contribution < 1.29 is 57.8 Å². The highest BCUT2D eigenvalue weighted by Gasteiger charge is 2.41. The van der Waals surface area contributed by atoms with Crippen molar-refractivity contribution in [1.82, 2.24) is 9.97 Å². The summed E-state index contributed by atoms with van der Waals surface area (Å²) in [5.41, 5.74) is -2.88. The maximum absolute atomic E-state index is 15.1. The quantitative estimate of drug-likeness (QED) is 0.107. The number of hydrogen-bond donors (Lipinski definition) is 0. The van der Waals surface area contributed by atoms with Gasteiger partial charge in [0.05, 0.1) is 0 Å². The lowest BCUT2D eigenvalue weighted by Gasteiger charge is -2.20. The first kappa shape index (κ1) is 35.8. The van der Waals surface area contributed by atoms with E-state index < -0.39 is 81.1 Å². The van der Waals surface area contributed by atoms with E-state index in [1.807, 2.05) is 19.1 Å². The third-order valence-electron chi connectivity index (χ3n) is 7.13. The Labute approximate surface area is 276 Å². The van der Waals surface area contributed by atoms with Gasteiger partial charge in [-0.05, 0) is 78.9 Å². The van der Waals surface area contributed by atoms with Gasteiger partial charge in [0.25, 0.3) is 0 Å². The van der Waals surface area contributed by atoms with Gasteiger partial charge >= 0.3 is 12.5 Å². The molecule has 5 rings (SSSR count). The summed E-state index contributed by atoms with van der Waals surface area (Å²) in [6.45, 7) is 1.89. The summed E-state index contributed by atoms with van der Waals surface area (Å²) >= 11 is 0. The van der Waals surface area contributed by atoms with Crippen LogP contribution in [0.4, 0.5) is 48.3 Å². The van der Waals surface area contributed by atoms with Gasteiger partial charge in [-0.1, -0.05) is 24.3 Å². The predicted molar refractivity (Wildman–Crippen MR) is 159 cm³/mol. The molecule has 1 aromatic heterocycles. The molecule has 50 heavy (non-hydrogen) atoms. The molecule has 260 valence electrons. The standard InChI is InChI=1S/C35H21F11N2O2/c1-2-3-4-5-18-16-47-33(48-17-18)19-6-8-23(25(36)10-19)20-11-27(38)31(28(39)12-20)34(42,43)49-22-7-9-24(26(37)15-22)21-13-29(40)32(30(41)14-21)50-35(44,45)46/h2-3,6-17H,4-5H2,1H3/b3-2+.